The highest BCUT2D eigenvalue weighted by Gasteiger charge is 2.98. The molecule has 496 valence electrons. The number of halogens is 54. The lowest BCUT2D eigenvalue weighted by Crippen LogP contribution is -2.73. The van der Waals surface area contributed by atoms with Crippen LogP contribution in [-0.4, -0.2) is 143 Å². The van der Waals surface area contributed by atoms with Gasteiger partial charge in [0.05, 0.1) is 0 Å². The molecule has 1 nitrogen and oxygen atoms in total. The molecule has 0 aromatic carbocycles. The van der Waals surface area contributed by atoms with Crippen molar-refractivity contribution in [2.24, 2.45) is 0 Å². The molecular weight excluding hydrogens is 1380 g/mol. The number of allylic oxidation sites excluding steroid dienone is 4. The van der Waals surface area contributed by atoms with Crippen molar-refractivity contribution in [3.63, 3.8) is 0 Å². The SMILES string of the molecule is FC(=C(F)C(F)(F)C(F)(F)C(F)(F)C(F)(F)C(F)(F)C(F)(F)C(F)(F)F)C(F)(F)C(F)(F)C(F)(F)C(F)(F)C(F)(F)OC(F)(F)C(F)(F)C(F)(F)C(F)(F)C(F)(F)C(F)=C(F)C(F)(F)C(F)(F)C(F)(F)C(F)(F)C(F)(F)C(F)(F)C(F)(F)F. The molecule has 0 aliphatic carbocycles. The first kappa shape index (κ1) is 78.7. The van der Waals surface area contributed by atoms with Crippen LogP contribution in [0, 0.1) is 0 Å². The van der Waals surface area contributed by atoms with Gasteiger partial charge in [0.25, 0.3) is 0 Å². The molecule has 0 bridgehead atoms. The van der Waals surface area contributed by atoms with Crippen LogP contribution in [0.2, 0.25) is 0 Å². The Hall–Kier alpha value is -4.34. The first-order valence-electron chi connectivity index (χ1n) is 17.1. The molecule has 0 saturated carbocycles. The van der Waals surface area contributed by atoms with Crippen LogP contribution in [0.1, 0.15) is 0 Å². The topological polar surface area (TPSA) is 9.23 Å². The van der Waals surface area contributed by atoms with E-state index in [1.165, 1.54) is 0 Å². The van der Waals surface area contributed by atoms with Gasteiger partial charge < -0.3 is 0 Å². The molecule has 0 atom stereocenters. The number of alkyl halides is 50. The monoisotopic (exact) mass is 1380 g/mol. The third kappa shape index (κ3) is 9.74. The number of rotatable bonds is 24. The molecule has 0 aliphatic rings. The fourth-order valence-electron chi connectivity index (χ4n) is 4.48. The van der Waals surface area contributed by atoms with E-state index in [0.29, 0.717) is 0 Å². The lowest BCUT2D eigenvalue weighted by Gasteiger charge is -2.42. The Labute approximate surface area is 409 Å². The van der Waals surface area contributed by atoms with Gasteiger partial charge in [0.15, 0.2) is 0 Å². The normalized spacial score (nSPS) is 17.7. The lowest BCUT2D eigenvalue weighted by atomic mass is 9.89. The third-order valence-corrected chi connectivity index (χ3v) is 9.50. The van der Waals surface area contributed by atoms with Crippen LogP contribution in [0.15, 0.2) is 23.3 Å². The molecule has 0 aromatic heterocycles. The van der Waals surface area contributed by atoms with Crippen LogP contribution in [0.4, 0.5) is 237 Å². The largest absolute Gasteiger partial charge is 0.460 e. The molecule has 0 fully saturated rings. The highest BCUT2D eigenvalue weighted by Crippen LogP contribution is 2.69. The van der Waals surface area contributed by atoms with Gasteiger partial charge in [0.2, 0.25) is 23.3 Å². The van der Waals surface area contributed by atoms with E-state index >= 15 is 0 Å². The van der Waals surface area contributed by atoms with Crippen LogP contribution >= 0.6 is 0 Å². The lowest BCUT2D eigenvalue weighted by molar-refractivity contribution is -0.521. The zero-order valence-electron chi connectivity index (χ0n) is 34.8. The van der Waals surface area contributed by atoms with Crippen LogP contribution in [-0.2, 0) is 4.74 Å². The van der Waals surface area contributed by atoms with Crippen LogP contribution in [0.5, 0.6) is 0 Å². The van der Waals surface area contributed by atoms with E-state index in [1.54, 1.807) is 0 Å². The maximum absolute atomic E-state index is 14.0. The smallest absolute Gasteiger partial charge is 0.245 e. The van der Waals surface area contributed by atoms with Gasteiger partial charge in [-0.05, 0) is 0 Å². The Bertz CT molecular complexity index is 2260. The van der Waals surface area contributed by atoms with Gasteiger partial charge >= 0.3 is 143 Å². The summed E-state index contributed by atoms with van der Waals surface area (Å²) in [6.45, 7) is 0. The highest BCUT2D eigenvalue weighted by molar-refractivity contribution is 5.29. The standard InChI is InChI=1S/C28F54O/c29-1(5(33,34)9(41,42)13(49,50)17(57,58)19(61,62)21(65,66)25(73,74)75)3(31)7(37,38)11(45,46)15(53,54)23(69,70)27(79,80)83-28(81,82)24(71,72)16(55,56)12(47,48)8(39,40)4(32)2(30)6(35,36)10(43,44)14(51,52)18(59,60)20(63,64)22(67,68)26(76,77)78. The second-order valence-corrected chi connectivity index (χ2v) is 14.9. The minimum absolute atomic E-state index is 0.280. The summed E-state index contributed by atoms with van der Waals surface area (Å²) in [6, 6.07) is 0. The summed E-state index contributed by atoms with van der Waals surface area (Å²) >= 11 is 0. The molecule has 0 saturated heterocycles. The third-order valence-electron chi connectivity index (χ3n) is 9.50. The molecule has 0 spiro atoms. The molecule has 0 aliphatic heterocycles. The van der Waals surface area contributed by atoms with E-state index in [9.17, 15) is 237 Å². The van der Waals surface area contributed by atoms with Gasteiger partial charge in [-0.15, -0.1) is 0 Å². The average Bonchev–Trinajstić information content (AvgIpc) is 3.25. The van der Waals surface area contributed by atoms with E-state index < -0.39 is 166 Å². The van der Waals surface area contributed by atoms with Crippen molar-refractivity contribution in [3.05, 3.63) is 23.3 Å². The predicted octanol–water partition coefficient (Wildman–Crippen LogP) is 18.3. The second-order valence-electron chi connectivity index (χ2n) is 14.9. The fraction of sp³-hybridized carbons (Fsp3) is 0.857. The Morgan fingerprint density at radius 2 is 0.253 bits per heavy atom. The summed E-state index contributed by atoms with van der Waals surface area (Å²) in [5.74, 6) is -223. The maximum Gasteiger partial charge on any atom is 0.460 e. The van der Waals surface area contributed by atoms with Crippen LogP contribution in [0.3, 0.4) is 0 Å². The van der Waals surface area contributed by atoms with Crippen LogP contribution < -0.4 is 0 Å². The van der Waals surface area contributed by atoms with Crippen molar-refractivity contribution >= 4 is 0 Å². The Morgan fingerprint density at radius 1 is 0.145 bits per heavy atom. The van der Waals surface area contributed by atoms with E-state index in [0.717, 1.165) is 0 Å². The molecule has 0 rings (SSSR count). The van der Waals surface area contributed by atoms with Crippen molar-refractivity contribution in [2.45, 2.75) is 143 Å². The minimum atomic E-state index is -10.2. The molecule has 0 unspecified atom stereocenters. The molecular formula is C28F54O. The highest BCUT2D eigenvalue weighted by atomic mass is 19.5. The first-order chi connectivity index (χ1) is 34.8. The summed E-state index contributed by atoms with van der Waals surface area (Å²) < 4.78 is 732. The summed E-state index contributed by atoms with van der Waals surface area (Å²) in [5.41, 5.74) is 0. The van der Waals surface area contributed by atoms with Crippen LogP contribution in [0.25, 0.3) is 0 Å². The number of hydrogen-bond donors (Lipinski definition) is 0. The van der Waals surface area contributed by atoms with Crippen molar-refractivity contribution in [2.75, 3.05) is 0 Å². The summed E-state index contributed by atoms with van der Waals surface area (Å²) in [5, 5.41) is 0. The fourth-order valence-corrected chi connectivity index (χ4v) is 4.48. The van der Waals surface area contributed by atoms with Gasteiger partial charge in [-0.25, -0.2) is 22.3 Å². The van der Waals surface area contributed by atoms with E-state index in [-0.39, 0.29) is 4.74 Å². The van der Waals surface area contributed by atoms with Crippen molar-refractivity contribution in [1.82, 2.24) is 0 Å². The molecule has 83 heavy (non-hydrogen) atoms. The van der Waals surface area contributed by atoms with Gasteiger partial charge in [0, 0.05) is 0 Å². The Morgan fingerprint density at radius 3 is 0.386 bits per heavy atom. The van der Waals surface area contributed by atoms with Gasteiger partial charge in [-0.3, -0.25) is 0 Å². The molecule has 0 N–H and O–H groups in total. The van der Waals surface area contributed by atoms with Crippen molar-refractivity contribution in [1.29, 1.82) is 0 Å². The molecule has 55 heteroatoms. The quantitative estimate of drug-likeness (QED) is 0.0876. The molecule has 0 amide bonds. The Balaban J connectivity index is 7.94. The van der Waals surface area contributed by atoms with Gasteiger partial charge in [0.1, 0.15) is 0 Å². The van der Waals surface area contributed by atoms with Crippen molar-refractivity contribution < 1.29 is 242 Å². The average molecular weight is 1380 g/mol. The van der Waals surface area contributed by atoms with Gasteiger partial charge in [-0.1, -0.05) is 0 Å². The minimum Gasteiger partial charge on any atom is -0.245 e. The molecule has 0 heterocycles. The van der Waals surface area contributed by atoms with Gasteiger partial charge in [-0.2, -0.15) is 220 Å². The first-order valence-corrected chi connectivity index (χ1v) is 17.1. The van der Waals surface area contributed by atoms with E-state index in [1.807, 2.05) is 0 Å². The zero-order chi connectivity index (χ0) is 69.0. The predicted molar refractivity (Wildman–Crippen MR) is 141 cm³/mol. The molecule has 0 radical (unpaired) electrons. The molecule has 0 aromatic rings. The number of hydrogen-bond acceptors (Lipinski definition) is 1. The second kappa shape index (κ2) is 19.6. The maximum atomic E-state index is 14.0. The summed E-state index contributed by atoms with van der Waals surface area (Å²) in [6.07, 6.45) is -36.8. The summed E-state index contributed by atoms with van der Waals surface area (Å²) in [4.78, 5) is 0. The Kier molecular flexibility index (Phi) is 18.6. The van der Waals surface area contributed by atoms with E-state index in [2.05, 4.69) is 0 Å². The number of ether oxygens (including phenoxy) is 1. The summed E-state index contributed by atoms with van der Waals surface area (Å²) in [7, 11) is 0. The van der Waals surface area contributed by atoms with E-state index in [4.69, 9.17) is 0 Å². The van der Waals surface area contributed by atoms with Crippen molar-refractivity contribution in [3.8, 4) is 0 Å². The zero-order valence-corrected chi connectivity index (χ0v) is 34.8.